The lowest BCUT2D eigenvalue weighted by Gasteiger charge is -2.31. The molecule has 0 radical (unpaired) electrons. The molecule has 8 heteroatoms. The number of benzene rings is 2. The summed E-state index contributed by atoms with van der Waals surface area (Å²) in [5.41, 5.74) is 10.8. The molecule has 6 nitrogen and oxygen atoms in total. The van der Waals surface area contributed by atoms with Crippen LogP contribution in [0.2, 0.25) is 5.02 Å². The third-order valence-electron chi connectivity index (χ3n) is 6.98. The summed E-state index contributed by atoms with van der Waals surface area (Å²) in [6.45, 7) is 8.67. The Balaban J connectivity index is 1.53. The van der Waals surface area contributed by atoms with E-state index < -0.39 is 0 Å². The molecule has 36 heavy (non-hydrogen) atoms. The number of aromatic nitrogens is 3. The van der Waals surface area contributed by atoms with Gasteiger partial charge in [-0.3, -0.25) is 4.79 Å². The zero-order valence-electron chi connectivity index (χ0n) is 21.0. The van der Waals surface area contributed by atoms with Crippen molar-refractivity contribution in [3.8, 4) is 16.4 Å². The zero-order chi connectivity index (χ0) is 25.4. The van der Waals surface area contributed by atoms with E-state index in [1.807, 2.05) is 27.8 Å². The Morgan fingerprint density at radius 3 is 2.67 bits per heavy atom. The van der Waals surface area contributed by atoms with Crippen molar-refractivity contribution in [2.75, 3.05) is 19.6 Å². The number of hydrogen-bond donors (Lipinski definition) is 1. The van der Waals surface area contributed by atoms with Crippen molar-refractivity contribution in [1.29, 1.82) is 0 Å². The van der Waals surface area contributed by atoms with Gasteiger partial charge in [0.25, 0.3) is 0 Å². The van der Waals surface area contributed by atoms with E-state index in [4.69, 9.17) is 27.4 Å². The van der Waals surface area contributed by atoms with Gasteiger partial charge in [-0.25, -0.2) is 9.67 Å². The van der Waals surface area contributed by atoms with Gasteiger partial charge in [-0.1, -0.05) is 60.5 Å². The maximum absolute atomic E-state index is 13.2. The molecular formula is C28H32ClN5OS. The van der Waals surface area contributed by atoms with Crippen molar-refractivity contribution in [3.05, 3.63) is 63.6 Å². The fourth-order valence-electron chi connectivity index (χ4n) is 4.90. The Hall–Kier alpha value is -2.74. The Labute approximate surface area is 221 Å². The van der Waals surface area contributed by atoms with E-state index in [2.05, 4.69) is 45.0 Å². The summed E-state index contributed by atoms with van der Waals surface area (Å²) in [7, 11) is 0. The number of aryl methyl sites for hydroxylation is 1. The molecule has 2 N–H and O–H groups in total. The van der Waals surface area contributed by atoms with Crippen LogP contribution in [0, 0.1) is 12.8 Å². The second kappa shape index (κ2) is 10.3. The second-order valence-corrected chi connectivity index (χ2v) is 11.4. The standard InChI is InChI=1S/C28H32ClN5OS/c1-17(2)27-26(20-6-4-5-18(3)13-20)31-28(36-27)34-24-8-7-21(29)14-22(24)23(32-34)15-25(35)33-11-9-19(16-30)10-12-33/h4-8,13-14,17,19H,9-12,15-16,30H2,1-3H3. The fraction of sp³-hybridized carbons (Fsp3) is 0.393. The van der Waals surface area contributed by atoms with Gasteiger partial charge in [-0.05, 0) is 62.4 Å². The van der Waals surface area contributed by atoms with Crippen molar-refractivity contribution in [2.45, 2.75) is 46.0 Å². The third-order valence-corrected chi connectivity index (χ3v) is 8.54. The lowest BCUT2D eigenvalue weighted by atomic mass is 9.97. The maximum atomic E-state index is 13.2. The SMILES string of the molecule is Cc1cccc(-c2nc(-n3nc(CC(=O)N4CCC(CN)CC4)c4cc(Cl)ccc43)sc2C(C)C)c1. The third kappa shape index (κ3) is 4.92. The predicted octanol–water partition coefficient (Wildman–Crippen LogP) is 5.97. The number of thiazole rings is 1. The zero-order valence-corrected chi connectivity index (χ0v) is 22.6. The van der Waals surface area contributed by atoms with Gasteiger partial charge in [-0.2, -0.15) is 5.10 Å². The Morgan fingerprint density at radius 2 is 1.97 bits per heavy atom. The van der Waals surface area contributed by atoms with E-state index in [0.29, 0.717) is 23.4 Å². The quantitative estimate of drug-likeness (QED) is 0.339. The monoisotopic (exact) mass is 521 g/mol. The van der Waals surface area contributed by atoms with Gasteiger partial charge in [0, 0.05) is 33.9 Å². The van der Waals surface area contributed by atoms with Crippen molar-refractivity contribution < 1.29 is 4.79 Å². The fourth-order valence-corrected chi connectivity index (χ4v) is 6.13. The van der Waals surface area contributed by atoms with Crippen LogP contribution in [0.1, 0.15) is 48.7 Å². The molecule has 2 aromatic heterocycles. The van der Waals surface area contributed by atoms with Crippen molar-refractivity contribution in [2.24, 2.45) is 11.7 Å². The van der Waals surface area contributed by atoms with Crippen molar-refractivity contribution in [1.82, 2.24) is 19.7 Å². The van der Waals surface area contributed by atoms with Gasteiger partial charge in [-0.15, -0.1) is 0 Å². The van der Waals surface area contributed by atoms with Crippen LogP contribution in [0.5, 0.6) is 0 Å². The summed E-state index contributed by atoms with van der Waals surface area (Å²) in [6.07, 6.45) is 2.16. The topological polar surface area (TPSA) is 77.0 Å². The molecular weight excluding hydrogens is 490 g/mol. The minimum Gasteiger partial charge on any atom is -0.342 e. The number of nitrogens with two attached hydrogens (primary N) is 1. The molecule has 188 valence electrons. The number of fused-ring (bicyclic) bond motifs is 1. The Kier molecular flexibility index (Phi) is 7.15. The number of piperidine rings is 1. The molecule has 1 saturated heterocycles. The number of likely N-dealkylation sites (tertiary alicyclic amines) is 1. The first-order valence-electron chi connectivity index (χ1n) is 12.6. The average Bonchev–Trinajstić information content (AvgIpc) is 3.46. The van der Waals surface area contributed by atoms with Crippen LogP contribution in [0.25, 0.3) is 27.3 Å². The van der Waals surface area contributed by atoms with E-state index in [-0.39, 0.29) is 12.3 Å². The molecule has 4 aromatic rings. The van der Waals surface area contributed by atoms with Gasteiger partial charge < -0.3 is 10.6 Å². The normalized spacial score (nSPS) is 14.8. The lowest BCUT2D eigenvalue weighted by Crippen LogP contribution is -2.40. The number of amides is 1. The first kappa shape index (κ1) is 24.9. The number of hydrogen-bond acceptors (Lipinski definition) is 5. The summed E-state index contributed by atoms with van der Waals surface area (Å²) in [5, 5.41) is 7.25. The van der Waals surface area contributed by atoms with Crippen molar-refractivity contribution >= 4 is 39.7 Å². The van der Waals surface area contributed by atoms with Gasteiger partial charge >= 0.3 is 0 Å². The molecule has 2 aromatic carbocycles. The van der Waals surface area contributed by atoms with Gasteiger partial charge in [0.1, 0.15) is 0 Å². The highest BCUT2D eigenvalue weighted by molar-refractivity contribution is 7.14. The van der Waals surface area contributed by atoms with E-state index in [1.165, 1.54) is 10.4 Å². The molecule has 0 spiro atoms. The van der Waals surface area contributed by atoms with E-state index in [0.717, 1.165) is 58.9 Å². The molecule has 1 aliphatic heterocycles. The number of nitrogens with zero attached hydrogens (tertiary/aromatic N) is 4. The number of rotatable bonds is 6. The van der Waals surface area contributed by atoms with Crippen LogP contribution in [-0.4, -0.2) is 45.2 Å². The predicted molar refractivity (Wildman–Crippen MR) is 148 cm³/mol. The van der Waals surface area contributed by atoms with E-state index >= 15 is 0 Å². The smallest absolute Gasteiger partial charge is 0.228 e. The molecule has 3 heterocycles. The highest BCUT2D eigenvalue weighted by Gasteiger charge is 2.25. The molecule has 0 bridgehead atoms. The second-order valence-electron chi connectivity index (χ2n) is 9.99. The summed E-state index contributed by atoms with van der Waals surface area (Å²) >= 11 is 8.02. The van der Waals surface area contributed by atoms with Gasteiger partial charge in [0.2, 0.25) is 11.0 Å². The first-order chi connectivity index (χ1) is 17.3. The molecule has 1 fully saturated rings. The van der Waals surface area contributed by atoms with E-state index in [9.17, 15) is 4.79 Å². The molecule has 0 unspecified atom stereocenters. The summed E-state index contributed by atoms with van der Waals surface area (Å²) < 4.78 is 1.88. The van der Waals surface area contributed by atoms with Crippen molar-refractivity contribution in [3.63, 3.8) is 0 Å². The van der Waals surface area contributed by atoms with Crippen LogP contribution in [-0.2, 0) is 11.2 Å². The molecule has 5 rings (SSSR count). The Morgan fingerprint density at radius 1 is 1.19 bits per heavy atom. The van der Waals surface area contributed by atoms with Crippen LogP contribution in [0.4, 0.5) is 0 Å². The number of halogens is 1. The van der Waals surface area contributed by atoms with Crippen LogP contribution in [0.3, 0.4) is 0 Å². The summed E-state index contributed by atoms with van der Waals surface area (Å²) in [6, 6.07) is 14.2. The molecule has 0 aliphatic carbocycles. The van der Waals surface area contributed by atoms with Gasteiger partial charge in [0.15, 0.2) is 0 Å². The molecule has 0 atom stereocenters. The number of carbonyl (C=O) groups is 1. The lowest BCUT2D eigenvalue weighted by molar-refractivity contribution is -0.131. The molecule has 1 aliphatic rings. The maximum Gasteiger partial charge on any atom is 0.228 e. The van der Waals surface area contributed by atoms with Crippen LogP contribution >= 0.6 is 22.9 Å². The minimum atomic E-state index is 0.0967. The Bertz CT molecular complexity index is 1400. The first-order valence-corrected chi connectivity index (χ1v) is 13.8. The minimum absolute atomic E-state index is 0.0967. The van der Waals surface area contributed by atoms with Crippen LogP contribution < -0.4 is 5.73 Å². The summed E-state index contributed by atoms with van der Waals surface area (Å²) in [5.74, 6) is 0.926. The molecule has 1 amide bonds. The molecule has 0 saturated carbocycles. The summed E-state index contributed by atoms with van der Waals surface area (Å²) in [4.78, 5) is 21.4. The average molecular weight is 522 g/mol. The number of carbonyl (C=O) groups excluding carboxylic acids is 1. The van der Waals surface area contributed by atoms with Crippen LogP contribution in [0.15, 0.2) is 42.5 Å². The van der Waals surface area contributed by atoms with E-state index in [1.54, 1.807) is 11.3 Å². The van der Waals surface area contributed by atoms with Gasteiger partial charge in [0.05, 0.1) is 23.3 Å². The largest absolute Gasteiger partial charge is 0.342 e. The highest BCUT2D eigenvalue weighted by Crippen LogP contribution is 2.37. The highest BCUT2D eigenvalue weighted by atomic mass is 35.5.